The zero-order valence-corrected chi connectivity index (χ0v) is 14.0. The Morgan fingerprint density at radius 2 is 2.25 bits per heavy atom. The van der Waals surface area contributed by atoms with Crippen LogP contribution in [0.1, 0.15) is 41.3 Å². The summed E-state index contributed by atoms with van der Waals surface area (Å²) >= 11 is 0. The van der Waals surface area contributed by atoms with E-state index in [1.54, 1.807) is 6.20 Å². The predicted octanol–water partition coefficient (Wildman–Crippen LogP) is 1.91. The van der Waals surface area contributed by atoms with Crippen LogP contribution in [-0.4, -0.2) is 32.9 Å². The minimum atomic E-state index is -0.0704. The van der Waals surface area contributed by atoms with Crippen LogP contribution in [0, 0.1) is 11.3 Å². The average molecular weight is 323 g/mol. The van der Waals surface area contributed by atoms with E-state index in [-0.39, 0.29) is 11.9 Å². The van der Waals surface area contributed by atoms with E-state index < -0.39 is 0 Å². The fourth-order valence-corrected chi connectivity index (χ4v) is 2.96. The maximum atomic E-state index is 12.2. The molecule has 1 aromatic heterocycles. The van der Waals surface area contributed by atoms with Gasteiger partial charge in [0.2, 0.25) is 0 Å². The summed E-state index contributed by atoms with van der Waals surface area (Å²) in [7, 11) is 0. The molecular weight excluding hydrogens is 302 g/mol. The minimum absolute atomic E-state index is 0.0704. The molecule has 0 saturated carbocycles. The summed E-state index contributed by atoms with van der Waals surface area (Å²) in [6.07, 6.45) is 1.66. The van der Waals surface area contributed by atoms with Crippen molar-refractivity contribution in [1.29, 1.82) is 5.26 Å². The Labute approximate surface area is 141 Å². The highest BCUT2D eigenvalue weighted by Crippen LogP contribution is 2.17. The Morgan fingerprint density at radius 3 is 3.00 bits per heavy atom. The van der Waals surface area contributed by atoms with E-state index in [1.165, 1.54) is 0 Å². The number of benzene rings is 1. The lowest BCUT2D eigenvalue weighted by atomic mass is 10.1. The smallest absolute Gasteiger partial charge is 0.269 e. The summed E-state index contributed by atoms with van der Waals surface area (Å²) in [5.41, 5.74) is 2.43. The Kier molecular flexibility index (Phi) is 4.63. The van der Waals surface area contributed by atoms with Crippen molar-refractivity contribution in [2.75, 3.05) is 6.54 Å². The number of aromatic nitrogens is 2. The SMILES string of the molecule is CC(C)NC(=O)c1cnc2n1CCN(Cc1cccc(C#N)c1)C2. The number of nitrogens with zero attached hydrogens (tertiary/aromatic N) is 4. The summed E-state index contributed by atoms with van der Waals surface area (Å²) in [6.45, 7) is 6.96. The predicted molar refractivity (Wildman–Crippen MR) is 90.1 cm³/mol. The molecule has 1 amide bonds. The van der Waals surface area contributed by atoms with Crippen molar-refractivity contribution >= 4 is 5.91 Å². The zero-order valence-electron chi connectivity index (χ0n) is 14.0. The van der Waals surface area contributed by atoms with E-state index in [4.69, 9.17) is 5.26 Å². The van der Waals surface area contributed by atoms with Gasteiger partial charge in [-0.3, -0.25) is 9.69 Å². The number of imidazole rings is 1. The quantitative estimate of drug-likeness (QED) is 0.933. The maximum Gasteiger partial charge on any atom is 0.269 e. The molecule has 6 nitrogen and oxygen atoms in total. The van der Waals surface area contributed by atoms with Crippen LogP contribution in [0.5, 0.6) is 0 Å². The molecule has 1 aliphatic rings. The number of nitrogens with one attached hydrogen (secondary N) is 1. The standard InChI is InChI=1S/C18H21N5O/c1-13(2)21-18(24)16-10-20-17-12-22(6-7-23(16)17)11-15-5-3-4-14(8-15)9-19/h3-5,8,10,13H,6-7,11-12H2,1-2H3,(H,21,24). The molecule has 2 aromatic rings. The highest BCUT2D eigenvalue weighted by molar-refractivity contribution is 5.92. The molecule has 0 saturated heterocycles. The van der Waals surface area contributed by atoms with Gasteiger partial charge < -0.3 is 9.88 Å². The Balaban J connectivity index is 1.70. The van der Waals surface area contributed by atoms with E-state index in [2.05, 4.69) is 21.3 Å². The lowest BCUT2D eigenvalue weighted by Crippen LogP contribution is -2.37. The summed E-state index contributed by atoms with van der Waals surface area (Å²) in [5, 5.41) is 11.9. The number of carbonyl (C=O) groups excluding carboxylic acids is 1. The van der Waals surface area contributed by atoms with Gasteiger partial charge >= 0.3 is 0 Å². The molecule has 1 aromatic carbocycles. The molecule has 0 aliphatic carbocycles. The lowest BCUT2D eigenvalue weighted by Gasteiger charge is -2.28. The number of fused-ring (bicyclic) bond motifs is 1. The molecule has 6 heteroatoms. The van der Waals surface area contributed by atoms with Gasteiger partial charge in [-0.1, -0.05) is 12.1 Å². The van der Waals surface area contributed by atoms with Crippen LogP contribution in [0.3, 0.4) is 0 Å². The van der Waals surface area contributed by atoms with E-state index in [0.717, 1.165) is 31.0 Å². The maximum absolute atomic E-state index is 12.2. The van der Waals surface area contributed by atoms with Crippen LogP contribution in [0.2, 0.25) is 0 Å². The van der Waals surface area contributed by atoms with Crippen molar-refractivity contribution in [3.63, 3.8) is 0 Å². The van der Waals surface area contributed by atoms with Crippen LogP contribution < -0.4 is 5.32 Å². The fourth-order valence-electron chi connectivity index (χ4n) is 2.96. The number of rotatable bonds is 4. The van der Waals surface area contributed by atoms with E-state index >= 15 is 0 Å². The normalized spacial score (nSPS) is 14.2. The van der Waals surface area contributed by atoms with Gasteiger partial charge in [0.15, 0.2) is 0 Å². The number of hydrogen-bond acceptors (Lipinski definition) is 4. The Morgan fingerprint density at radius 1 is 1.42 bits per heavy atom. The molecule has 2 heterocycles. The van der Waals surface area contributed by atoms with Crippen molar-refractivity contribution in [3.8, 4) is 6.07 Å². The van der Waals surface area contributed by atoms with Gasteiger partial charge in [-0.25, -0.2) is 4.98 Å². The second-order valence-corrected chi connectivity index (χ2v) is 6.36. The molecule has 0 atom stereocenters. The third-order valence-electron chi connectivity index (χ3n) is 4.06. The van der Waals surface area contributed by atoms with Crippen LogP contribution >= 0.6 is 0 Å². The second-order valence-electron chi connectivity index (χ2n) is 6.36. The number of amides is 1. The van der Waals surface area contributed by atoms with Crippen molar-refractivity contribution in [3.05, 3.63) is 53.1 Å². The van der Waals surface area contributed by atoms with Gasteiger partial charge in [-0.15, -0.1) is 0 Å². The van der Waals surface area contributed by atoms with Gasteiger partial charge in [0.25, 0.3) is 5.91 Å². The zero-order chi connectivity index (χ0) is 17.1. The van der Waals surface area contributed by atoms with Gasteiger partial charge in [-0.2, -0.15) is 5.26 Å². The van der Waals surface area contributed by atoms with Crippen LogP contribution in [0.15, 0.2) is 30.5 Å². The lowest BCUT2D eigenvalue weighted by molar-refractivity contribution is 0.0929. The number of nitriles is 1. The third-order valence-corrected chi connectivity index (χ3v) is 4.06. The first kappa shape index (κ1) is 16.2. The summed E-state index contributed by atoms with van der Waals surface area (Å²) < 4.78 is 2.00. The topological polar surface area (TPSA) is 74.0 Å². The van der Waals surface area contributed by atoms with Crippen LogP contribution in [-0.2, 0) is 19.6 Å². The molecule has 24 heavy (non-hydrogen) atoms. The molecule has 0 unspecified atom stereocenters. The van der Waals surface area contributed by atoms with Crippen molar-refractivity contribution in [2.24, 2.45) is 0 Å². The molecule has 0 radical (unpaired) electrons. The van der Waals surface area contributed by atoms with Crippen LogP contribution in [0.25, 0.3) is 0 Å². The highest BCUT2D eigenvalue weighted by atomic mass is 16.2. The average Bonchev–Trinajstić information content (AvgIpc) is 2.97. The third kappa shape index (κ3) is 3.47. The molecule has 3 rings (SSSR count). The van der Waals surface area contributed by atoms with Crippen molar-refractivity contribution in [1.82, 2.24) is 19.8 Å². The van der Waals surface area contributed by atoms with E-state index in [1.807, 2.05) is 42.7 Å². The first-order chi connectivity index (χ1) is 11.6. The minimum Gasteiger partial charge on any atom is -0.349 e. The van der Waals surface area contributed by atoms with E-state index in [9.17, 15) is 4.79 Å². The summed E-state index contributed by atoms with van der Waals surface area (Å²) in [5.74, 6) is 0.838. The Bertz CT molecular complexity index is 787. The first-order valence-corrected chi connectivity index (χ1v) is 8.13. The number of hydrogen-bond donors (Lipinski definition) is 1. The Hall–Kier alpha value is -2.65. The highest BCUT2D eigenvalue weighted by Gasteiger charge is 2.23. The van der Waals surface area contributed by atoms with Gasteiger partial charge in [0.1, 0.15) is 11.5 Å². The molecule has 124 valence electrons. The monoisotopic (exact) mass is 323 g/mol. The molecule has 0 spiro atoms. The molecule has 1 aliphatic heterocycles. The molecule has 0 bridgehead atoms. The largest absolute Gasteiger partial charge is 0.349 e. The van der Waals surface area contributed by atoms with Gasteiger partial charge in [-0.05, 0) is 31.5 Å². The summed E-state index contributed by atoms with van der Waals surface area (Å²) in [4.78, 5) is 18.9. The van der Waals surface area contributed by atoms with Gasteiger partial charge in [0.05, 0.1) is 24.4 Å². The molecule has 0 fully saturated rings. The van der Waals surface area contributed by atoms with Gasteiger partial charge in [0, 0.05) is 25.7 Å². The second kappa shape index (κ2) is 6.85. The number of carbonyl (C=O) groups is 1. The van der Waals surface area contributed by atoms with Crippen LogP contribution in [0.4, 0.5) is 0 Å². The molecule has 1 N–H and O–H groups in total. The molecular formula is C18H21N5O. The van der Waals surface area contributed by atoms with Crippen molar-refractivity contribution in [2.45, 2.75) is 39.5 Å². The van der Waals surface area contributed by atoms with Crippen molar-refractivity contribution < 1.29 is 4.79 Å². The van der Waals surface area contributed by atoms with E-state index in [0.29, 0.717) is 17.8 Å². The fraction of sp³-hybridized carbons (Fsp3) is 0.389. The first-order valence-electron chi connectivity index (χ1n) is 8.13. The summed E-state index contributed by atoms with van der Waals surface area (Å²) in [6, 6.07) is 9.95.